The fourth-order valence-corrected chi connectivity index (χ4v) is 2.26. The second kappa shape index (κ2) is 3.52. The number of hydrogen-bond donors (Lipinski definition) is 1. The molecule has 2 N–H and O–H groups in total. The Labute approximate surface area is 93.1 Å². The van der Waals surface area contributed by atoms with Crippen molar-refractivity contribution in [3.63, 3.8) is 0 Å². The van der Waals surface area contributed by atoms with Gasteiger partial charge in [0.2, 0.25) is 0 Å². The van der Waals surface area contributed by atoms with E-state index in [4.69, 9.17) is 5.73 Å². The van der Waals surface area contributed by atoms with E-state index in [0.29, 0.717) is 0 Å². The molecule has 1 aliphatic rings. The number of nitrogens with two attached hydrogens (primary N) is 1. The Morgan fingerprint density at radius 3 is 2.43 bits per heavy atom. The third-order valence-electron chi connectivity index (χ3n) is 2.83. The highest BCUT2D eigenvalue weighted by Gasteiger charge is 2.30. The molecule has 1 unspecified atom stereocenters. The first-order valence-corrected chi connectivity index (χ1v) is 5.60. The lowest BCUT2D eigenvalue weighted by Gasteiger charge is -2.24. The predicted molar refractivity (Wildman–Crippen MR) is 63.0 cm³/mol. The van der Waals surface area contributed by atoms with Crippen LogP contribution in [-0.4, -0.2) is 0 Å². The van der Waals surface area contributed by atoms with Gasteiger partial charge in [-0.15, -0.1) is 0 Å². The fraction of sp³-hybridized carbons (Fsp3) is 0.333. The Balaban J connectivity index is 2.28. The second-order valence-corrected chi connectivity index (χ2v) is 5.01. The van der Waals surface area contributed by atoms with E-state index in [0.717, 1.165) is 17.3 Å². The molecule has 0 radical (unpaired) electrons. The van der Waals surface area contributed by atoms with Crippen LogP contribution in [0.3, 0.4) is 0 Å². The topological polar surface area (TPSA) is 26.0 Å². The summed E-state index contributed by atoms with van der Waals surface area (Å²) in [5, 5.41) is 0. The molecule has 0 fully saturated rings. The number of benzene rings is 1. The van der Waals surface area contributed by atoms with Gasteiger partial charge in [-0.3, -0.25) is 0 Å². The first kappa shape index (κ1) is 9.94. The van der Waals surface area contributed by atoms with Crippen LogP contribution >= 0.6 is 15.9 Å². The van der Waals surface area contributed by atoms with Crippen LogP contribution in [0.2, 0.25) is 0 Å². The Bertz CT molecular complexity index is 366. The largest absolute Gasteiger partial charge is 0.321 e. The minimum Gasteiger partial charge on any atom is -0.321 e. The van der Waals surface area contributed by atoms with E-state index < -0.39 is 0 Å². The normalized spacial score (nSPS) is 26.4. The first-order valence-electron chi connectivity index (χ1n) is 4.81. The molecule has 1 atom stereocenters. The van der Waals surface area contributed by atoms with Gasteiger partial charge in [0.1, 0.15) is 0 Å². The molecular weight excluding hydrogens is 238 g/mol. The maximum absolute atomic E-state index is 6.35. The Morgan fingerprint density at radius 2 is 1.93 bits per heavy atom. The van der Waals surface area contributed by atoms with Crippen LogP contribution in [0.5, 0.6) is 0 Å². The van der Waals surface area contributed by atoms with Gasteiger partial charge < -0.3 is 5.73 Å². The highest BCUT2D eigenvalue weighted by atomic mass is 79.9. The van der Waals surface area contributed by atoms with Crippen molar-refractivity contribution in [3.05, 3.63) is 46.0 Å². The number of hydrogen-bond acceptors (Lipinski definition) is 1. The van der Waals surface area contributed by atoms with Crippen LogP contribution in [0.15, 0.2) is 40.4 Å². The summed E-state index contributed by atoms with van der Waals surface area (Å²) < 4.78 is 1.10. The zero-order valence-corrected chi connectivity index (χ0v) is 9.84. The Hall–Kier alpha value is -0.600. The van der Waals surface area contributed by atoms with Gasteiger partial charge in [-0.2, -0.15) is 0 Å². The van der Waals surface area contributed by atoms with E-state index in [9.17, 15) is 0 Å². The summed E-state index contributed by atoms with van der Waals surface area (Å²) in [7, 11) is 0. The van der Waals surface area contributed by atoms with Crippen molar-refractivity contribution in [2.45, 2.75) is 25.3 Å². The molecule has 1 nitrogen and oxygen atoms in total. The molecule has 1 aliphatic carbocycles. The Kier molecular flexibility index (Phi) is 2.50. The van der Waals surface area contributed by atoms with Crippen molar-refractivity contribution in [3.8, 4) is 0 Å². The van der Waals surface area contributed by atoms with E-state index >= 15 is 0 Å². The lowest BCUT2D eigenvalue weighted by Crippen LogP contribution is -2.33. The molecular formula is C12H14BrN. The minimum absolute atomic E-state index is 0.162. The molecule has 1 aromatic carbocycles. The average molecular weight is 252 g/mol. The van der Waals surface area contributed by atoms with Crippen molar-refractivity contribution in [1.29, 1.82) is 0 Å². The second-order valence-electron chi connectivity index (χ2n) is 4.09. The quantitative estimate of drug-likeness (QED) is 0.762. The third kappa shape index (κ3) is 1.77. The van der Waals surface area contributed by atoms with Gasteiger partial charge >= 0.3 is 0 Å². The van der Waals surface area contributed by atoms with Gasteiger partial charge in [0.15, 0.2) is 0 Å². The minimum atomic E-state index is -0.162. The van der Waals surface area contributed by atoms with Gasteiger partial charge in [-0.05, 0) is 37.5 Å². The smallest absolute Gasteiger partial charge is 0.0482 e. The molecule has 0 bridgehead atoms. The summed E-state index contributed by atoms with van der Waals surface area (Å²) in [6.45, 7) is 2.15. The standard InChI is InChI=1S/C12H14BrN/c1-9-6-7-12(14,8-9)10-2-4-11(13)5-3-10/h2-6H,7-8,14H2,1H3. The van der Waals surface area contributed by atoms with Gasteiger partial charge in [-0.1, -0.05) is 39.7 Å². The summed E-state index contributed by atoms with van der Waals surface area (Å²) in [6, 6.07) is 8.32. The number of rotatable bonds is 1. The van der Waals surface area contributed by atoms with E-state index in [-0.39, 0.29) is 5.54 Å². The summed E-state index contributed by atoms with van der Waals surface area (Å²) in [5.41, 5.74) is 8.82. The third-order valence-corrected chi connectivity index (χ3v) is 3.36. The summed E-state index contributed by atoms with van der Waals surface area (Å²) >= 11 is 3.43. The number of halogens is 1. The van der Waals surface area contributed by atoms with Crippen molar-refractivity contribution >= 4 is 15.9 Å². The van der Waals surface area contributed by atoms with Crippen LogP contribution in [0, 0.1) is 0 Å². The maximum Gasteiger partial charge on any atom is 0.0482 e. The van der Waals surface area contributed by atoms with Gasteiger partial charge in [0.25, 0.3) is 0 Å². The van der Waals surface area contributed by atoms with Gasteiger partial charge in [0.05, 0.1) is 0 Å². The molecule has 0 saturated heterocycles. The molecule has 2 rings (SSSR count). The molecule has 0 spiro atoms. The molecule has 0 aromatic heterocycles. The molecule has 0 aliphatic heterocycles. The van der Waals surface area contributed by atoms with Crippen LogP contribution < -0.4 is 5.73 Å². The first-order chi connectivity index (χ1) is 6.60. The molecule has 0 heterocycles. The van der Waals surface area contributed by atoms with E-state index in [1.54, 1.807) is 0 Å². The molecule has 2 heteroatoms. The summed E-state index contributed by atoms with van der Waals surface area (Å²) in [4.78, 5) is 0. The molecule has 0 amide bonds. The van der Waals surface area contributed by atoms with Gasteiger partial charge in [-0.25, -0.2) is 0 Å². The summed E-state index contributed by atoms with van der Waals surface area (Å²) in [6.07, 6.45) is 4.18. The SMILES string of the molecule is CC1=CCC(N)(c2ccc(Br)cc2)C1. The summed E-state index contributed by atoms with van der Waals surface area (Å²) in [5.74, 6) is 0. The van der Waals surface area contributed by atoms with Gasteiger partial charge in [0, 0.05) is 10.0 Å². The highest BCUT2D eigenvalue weighted by molar-refractivity contribution is 9.10. The van der Waals surface area contributed by atoms with Crippen LogP contribution in [0.4, 0.5) is 0 Å². The molecule has 74 valence electrons. The van der Waals surface area contributed by atoms with Crippen LogP contribution in [0.25, 0.3) is 0 Å². The lowest BCUT2D eigenvalue weighted by atomic mass is 9.88. The van der Waals surface area contributed by atoms with E-state index in [1.807, 2.05) is 0 Å². The maximum atomic E-state index is 6.35. The average Bonchev–Trinajstić information content (AvgIpc) is 2.48. The van der Waals surface area contributed by atoms with Crippen LogP contribution in [-0.2, 0) is 5.54 Å². The van der Waals surface area contributed by atoms with Crippen molar-refractivity contribution in [2.75, 3.05) is 0 Å². The van der Waals surface area contributed by atoms with Crippen molar-refractivity contribution < 1.29 is 0 Å². The van der Waals surface area contributed by atoms with E-state index in [2.05, 4.69) is 53.2 Å². The van der Waals surface area contributed by atoms with E-state index in [1.165, 1.54) is 11.1 Å². The highest BCUT2D eigenvalue weighted by Crippen LogP contribution is 2.35. The van der Waals surface area contributed by atoms with Crippen LogP contribution in [0.1, 0.15) is 25.3 Å². The monoisotopic (exact) mass is 251 g/mol. The predicted octanol–water partition coefficient (Wildman–Crippen LogP) is 3.34. The zero-order chi connectivity index (χ0) is 10.2. The lowest BCUT2D eigenvalue weighted by molar-refractivity contribution is 0.474. The molecule has 0 saturated carbocycles. The zero-order valence-electron chi connectivity index (χ0n) is 8.26. The van der Waals surface area contributed by atoms with Crippen molar-refractivity contribution in [2.24, 2.45) is 5.73 Å². The molecule has 1 aromatic rings. The molecule has 14 heavy (non-hydrogen) atoms. The van der Waals surface area contributed by atoms with Crippen molar-refractivity contribution in [1.82, 2.24) is 0 Å². The Morgan fingerprint density at radius 1 is 1.29 bits per heavy atom. The fourth-order valence-electron chi connectivity index (χ4n) is 2.00.